The maximum atomic E-state index is 13.3. The highest BCUT2D eigenvalue weighted by molar-refractivity contribution is 5.95. The molecular weight excluding hydrogens is 399 g/mol. The van der Waals surface area contributed by atoms with Gasteiger partial charge in [-0.05, 0) is 37.1 Å². The number of amides is 2. The van der Waals surface area contributed by atoms with Crippen LogP contribution in [0, 0.1) is 12.7 Å². The van der Waals surface area contributed by atoms with Crippen molar-refractivity contribution < 1.29 is 14.0 Å². The average Bonchev–Trinajstić information content (AvgIpc) is 3.17. The van der Waals surface area contributed by atoms with Crippen LogP contribution in [0.25, 0.3) is 0 Å². The lowest BCUT2D eigenvalue weighted by atomic mass is 10.0. The van der Waals surface area contributed by atoms with Gasteiger partial charge in [-0.25, -0.2) is 14.4 Å². The molecule has 0 saturated carbocycles. The minimum absolute atomic E-state index is 0.0415. The summed E-state index contributed by atoms with van der Waals surface area (Å²) in [5, 5.41) is 4.03. The van der Waals surface area contributed by atoms with Crippen molar-refractivity contribution in [2.75, 3.05) is 11.9 Å². The second-order valence-electron chi connectivity index (χ2n) is 7.64. The van der Waals surface area contributed by atoms with Gasteiger partial charge < -0.3 is 4.90 Å². The summed E-state index contributed by atoms with van der Waals surface area (Å²) in [6.45, 7) is 2.38. The van der Waals surface area contributed by atoms with Crippen LogP contribution < -0.4 is 4.90 Å². The molecule has 0 saturated heterocycles. The minimum atomic E-state index is -0.323. The summed E-state index contributed by atoms with van der Waals surface area (Å²) in [7, 11) is 3.38. The first-order chi connectivity index (χ1) is 14.8. The maximum absolute atomic E-state index is 13.3. The Morgan fingerprint density at radius 1 is 1.16 bits per heavy atom. The normalized spacial score (nSPS) is 13.3. The summed E-state index contributed by atoms with van der Waals surface area (Å²) in [5.74, 6) is 0.451. The monoisotopic (exact) mass is 422 g/mol. The highest BCUT2D eigenvalue weighted by Gasteiger charge is 2.28. The number of aromatic nitrogens is 4. The van der Waals surface area contributed by atoms with E-state index in [1.165, 1.54) is 21.7 Å². The van der Waals surface area contributed by atoms with Crippen molar-refractivity contribution in [3.05, 3.63) is 70.7 Å². The third-order valence-corrected chi connectivity index (χ3v) is 5.40. The number of hydrogen-bond donors (Lipinski definition) is 0. The van der Waals surface area contributed by atoms with E-state index < -0.39 is 0 Å². The molecule has 31 heavy (non-hydrogen) atoms. The number of hydrogen-bond acceptors (Lipinski definition) is 5. The highest BCUT2D eigenvalue weighted by atomic mass is 19.1. The zero-order valence-electron chi connectivity index (χ0n) is 17.7. The number of rotatable bonds is 5. The van der Waals surface area contributed by atoms with Crippen LogP contribution in [0.5, 0.6) is 0 Å². The molecule has 2 amide bonds. The topological polar surface area (TPSA) is 84.2 Å². The van der Waals surface area contributed by atoms with Crippen molar-refractivity contribution >= 4 is 17.6 Å². The van der Waals surface area contributed by atoms with Crippen molar-refractivity contribution in [2.24, 2.45) is 7.05 Å². The molecule has 8 nitrogen and oxygen atoms in total. The van der Waals surface area contributed by atoms with Gasteiger partial charge in [0, 0.05) is 38.0 Å². The zero-order chi connectivity index (χ0) is 22.1. The van der Waals surface area contributed by atoms with Crippen LogP contribution >= 0.6 is 0 Å². The van der Waals surface area contributed by atoms with E-state index in [2.05, 4.69) is 15.1 Å². The molecule has 0 unspecified atom stereocenters. The Hall–Kier alpha value is -3.62. The number of nitrogens with zero attached hydrogens (tertiary/aromatic N) is 6. The van der Waals surface area contributed by atoms with Crippen LogP contribution in [-0.4, -0.2) is 43.5 Å². The molecule has 0 fully saturated rings. The van der Waals surface area contributed by atoms with E-state index in [4.69, 9.17) is 0 Å². The van der Waals surface area contributed by atoms with Gasteiger partial charge in [-0.2, -0.15) is 5.10 Å². The maximum Gasteiger partial charge on any atom is 0.272 e. The molecule has 0 bridgehead atoms. The van der Waals surface area contributed by atoms with Gasteiger partial charge in [-0.15, -0.1) is 0 Å². The largest absolute Gasteiger partial charge is 0.333 e. The third-order valence-electron chi connectivity index (χ3n) is 5.40. The van der Waals surface area contributed by atoms with Crippen molar-refractivity contribution in [3.8, 4) is 0 Å². The van der Waals surface area contributed by atoms with Gasteiger partial charge in [-0.1, -0.05) is 12.1 Å². The van der Waals surface area contributed by atoms with E-state index in [1.807, 2.05) is 6.92 Å². The number of benzene rings is 1. The molecule has 0 aliphatic carbocycles. The second kappa shape index (κ2) is 8.25. The van der Waals surface area contributed by atoms with Crippen LogP contribution in [0.15, 0.2) is 36.5 Å². The SMILES string of the molecule is Cc1nc(CN(C)C(=O)c2ccnn2C)nc2c1CCC(=O)N2Cc1ccc(F)cc1. The van der Waals surface area contributed by atoms with E-state index in [-0.39, 0.29) is 24.2 Å². The second-order valence-corrected chi connectivity index (χ2v) is 7.64. The molecule has 0 radical (unpaired) electrons. The van der Waals surface area contributed by atoms with Crippen molar-refractivity contribution in [2.45, 2.75) is 32.9 Å². The van der Waals surface area contributed by atoms with Crippen LogP contribution in [0.2, 0.25) is 0 Å². The summed E-state index contributed by atoms with van der Waals surface area (Å²) in [6.07, 6.45) is 2.51. The van der Waals surface area contributed by atoms with Crippen molar-refractivity contribution in [1.29, 1.82) is 0 Å². The lowest BCUT2D eigenvalue weighted by Gasteiger charge is -2.30. The van der Waals surface area contributed by atoms with Gasteiger partial charge in [-0.3, -0.25) is 19.2 Å². The number of carbonyl (C=O) groups excluding carboxylic acids is 2. The highest BCUT2D eigenvalue weighted by Crippen LogP contribution is 2.29. The Morgan fingerprint density at radius 2 is 1.90 bits per heavy atom. The molecule has 160 valence electrons. The molecule has 2 aromatic heterocycles. The predicted octanol–water partition coefficient (Wildman–Crippen LogP) is 2.41. The molecule has 0 N–H and O–H groups in total. The Kier molecular flexibility index (Phi) is 5.50. The summed E-state index contributed by atoms with van der Waals surface area (Å²) >= 11 is 0. The first kappa shape index (κ1) is 20.6. The number of halogens is 1. The standard InChI is InChI=1S/C22H23FN6O2/c1-14-17-8-9-20(30)29(12-15-4-6-16(23)7-5-15)21(17)26-19(25-14)13-27(2)22(31)18-10-11-24-28(18)3/h4-7,10-11H,8-9,12-13H2,1-3H3. The fourth-order valence-corrected chi connectivity index (χ4v) is 3.71. The minimum Gasteiger partial charge on any atom is -0.333 e. The van der Waals surface area contributed by atoms with Gasteiger partial charge in [0.15, 0.2) is 0 Å². The van der Waals surface area contributed by atoms with Gasteiger partial charge in [0.2, 0.25) is 5.91 Å². The number of fused-ring (bicyclic) bond motifs is 1. The average molecular weight is 422 g/mol. The fraction of sp³-hybridized carbons (Fsp3) is 0.318. The van der Waals surface area contributed by atoms with Gasteiger partial charge in [0.25, 0.3) is 5.91 Å². The van der Waals surface area contributed by atoms with E-state index in [0.717, 1.165) is 16.8 Å². The third kappa shape index (κ3) is 4.16. The van der Waals surface area contributed by atoms with Gasteiger partial charge in [0.05, 0.1) is 13.1 Å². The van der Waals surface area contributed by atoms with E-state index in [0.29, 0.717) is 36.7 Å². The predicted molar refractivity (Wildman–Crippen MR) is 112 cm³/mol. The van der Waals surface area contributed by atoms with E-state index in [1.54, 1.807) is 43.4 Å². The zero-order valence-corrected chi connectivity index (χ0v) is 17.7. The molecule has 1 aliphatic heterocycles. The van der Waals surface area contributed by atoms with Gasteiger partial charge >= 0.3 is 0 Å². The number of anilines is 1. The number of carbonyl (C=O) groups is 2. The van der Waals surface area contributed by atoms with Crippen LogP contribution in [0.4, 0.5) is 10.2 Å². The molecule has 3 aromatic rings. The molecule has 0 atom stereocenters. The summed E-state index contributed by atoms with van der Waals surface area (Å²) in [5.41, 5.74) is 2.98. The quantitative estimate of drug-likeness (QED) is 0.631. The first-order valence-corrected chi connectivity index (χ1v) is 9.98. The summed E-state index contributed by atoms with van der Waals surface area (Å²) < 4.78 is 14.8. The molecule has 1 aromatic carbocycles. The van der Waals surface area contributed by atoms with Crippen LogP contribution in [0.3, 0.4) is 0 Å². The molecule has 3 heterocycles. The van der Waals surface area contributed by atoms with Crippen molar-refractivity contribution in [1.82, 2.24) is 24.6 Å². The van der Waals surface area contributed by atoms with Crippen LogP contribution in [-0.2, 0) is 31.4 Å². The molecule has 4 rings (SSSR count). The van der Waals surface area contributed by atoms with E-state index >= 15 is 0 Å². The van der Waals surface area contributed by atoms with Gasteiger partial charge in [0.1, 0.15) is 23.2 Å². The van der Waals surface area contributed by atoms with Crippen LogP contribution in [0.1, 0.15) is 39.6 Å². The smallest absolute Gasteiger partial charge is 0.272 e. The molecule has 0 spiro atoms. The lowest BCUT2D eigenvalue weighted by Crippen LogP contribution is -2.37. The van der Waals surface area contributed by atoms with Crippen molar-refractivity contribution in [3.63, 3.8) is 0 Å². The molecule has 1 aliphatic rings. The number of aryl methyl sites for hydroxylation is 2. The lowest BCUT2D eigenvalue weighted by molar-refractivity contribution is -0.119. The molecular formula is C22H23FN6O2. The summed E-state index contributed by atoms with van der Waals surface area (Å²) in [6, 6.07) is 7.72. The Morgan fingerprint density at radius 3 is 2.58 bits per heavy atom. The molecule has 9 heteroatoms. The fourth-order valence-electron chi connectivity index (χ4n) is 3.71. The Bertz CT molecular complexity index is 1140. The van der Waals surface area contributed by atoms with E-state index in [9.17, 15) is 14.0 Å². The summed E-state index contributed by atoms with van der Waals surface area (Å²) in [4.78, 5) is 37.8. The first-order valence-electron chi connectivity index (χ1n) is 9.98. The Balaban J connectivity index is 1.62. The Labute approximate surface area is 179 Å².